The average Bonchev–Trinajstić information content (AvgIpc) is 3.26. The Bertz CT molecular complexity index is 1740. The van der Waals surface area contributed by atoms with Crippen molar-refractivity contribution in [1.82, 2.24) is 0 Å². The molecular formula is C31H19ClFN3O3S2. The summed E-state index contributed by atoms with van der Waals surface area (Å²) in [7, 11) is 0. The summed E-state index contributed by atoms with van der Waals surface area (Å²) in [6.45, 7) is 0.252. The maximum Gasteiger partial charge on any atom is 0.270 e. The molecule has 5 rings (SSSR count). The average molecular weight is 600 g/mol. The molecule has 10 heteroatoms. The fourth-order valence-corrected chi connectivity index (χ4v) is 5.42. The highest BCUT2D eigenvalue weighted by Gasteiger charge is 2.34. The molecule has 202 valence electrons. The summed E-state index contributed by atoms with van der Waals surface area (Å²) < 4.78 is 19.5. The number of hydrogen-bond acceptors (Lipinski definition) is 6. The Morgan fingerprint density at radius 2 is 1.83 bits per heavy atom. The molecule has 1 heterocycles. The fraction of sp³-hybridized carbons (Fsp3) is 0.0323. The summed E-state index contributed by atoms with van der Waals surface area (Å²) >= 11 is 12.9. The van der Waals surface area contributed by atoms with Gasteiger partial charge in [0, 0.05) is 21.8 Å². The van der Waals surface area contributed by atoms with Crippen molar-refractivity contribution in [3.05, 3.63) is 129 Å². The van der Waals surface area contributed by atoms with Gasteiger partial charge in [-0.1, -0.05) is 53.8 Å². The largest absolute Gasteiger partial charge is 0.488 e. The summed E-state index contributed by atoms with van der Waals surface area (Å²) in [5, 5.41) is 12.2. The van der Waals surface area contributed by atoms with Gasteiger partial charge in [-0.15, -0.1) is 0 Å². The molecule has 1 saturated heterocycles. The van der Waals surface area contributed by atoms with Crippen LogP contribution < -0.4 is 15.0 Å². The Morgan fingerprint density at radius 1 is 1.07 bits per heavy atom. The Hall–Kier alpha value is -4.49. The van der Waals surface area contributed by atoms with E-state index in [0.29, 0.717) is 48.1 Å². The predicted molar refractivity (Wildman–Crippen MR) is 163 cm³/mol. The second kappa shape index (κ2) is 12.4. The van der Waals surface area contributed by atoms with Crippen LogP contribution in [0.2, 0.25) is 5.02 Å². The lowest BCUT2D eigenvalue weighted by atomic mass is 10.1. The van der Waals surface area contributed by atoms with Crippen LogP contribution in [0.5, 0.6) is 5.75 Å². The molecule has 0 aliphatic carbocycles. The highest BCUT2D eigenvalue weighted by Crippen LogP contribution is 2.38. The Morgan fingerprint density at radius 3 is 2.56 bits per heavy atom. The van der Waals surface area contributed by atoms with Gasteiger partial charge in [0.05, 0.1) is 22.2 Å². The summed E-state index contributed by atoms with van der Waals surface area (Å²) in [5.41, 5.74) is 3.21. The first-order valence-corrected chi connectivity index (χ1v) is 13.8. The fourth-order valence-electron chi connectivity index (χ4n) is 3.95. The van der Waals surface area contributed by atoms with Crippen LogP contribution in [0, 0.1) is 17.1 Å². The molecule has 1 aliphatic rings. The summed E-state index contributed by atoms with van der Waals surface area (Å²) in [4.78, 5) is 28.0. The standard InChI is InChI=1S/C31H19ClFN3O3S2/c32-23-8-13-27(39-18-20-6-4-19(17-34)5-7-20)22(14-23)16-28-30(38)36(31(40)41-28)26-3-1-2-21(15-26)29(37)35-25-11-9-24(33)10-12-25/h1-16H,18H2,(H,35,37)/b28-16+. The maximum absolute atomic E-state index is 13.5. The normalized spacial score (nSPS) is 13.8. The van der Waals surface area contributed by atoms with Gasteiger partial charge in [-0.2, -0.15) is 5.26 Å². The van der Waals surface area contributed by atoms with Crippen LogP contribution in [0.4, 0.5) is 15.8 Å². The minimum Gasteiger partial charge on any atom is -0.488 e. The van der Waals surface area contributed by atoms with E-state index >= 15 is 0 Å². The van der Waals surface area contributed by atoms with Crippen LogP contribution in [0.25, 0.3) is 6.08 Å². The van der Waals surface area contributed by atoms with Crippen molar-refractivity contribution >= 4 is 69.2 Å². The second-order valence-corrected chi connectivity index (χ2v) is 10.9. The minimum absolute atomic E-state index is 0.252. The monoisotopic (exact) mass is 599 g/mol. The van der Waals surface area contributed by atoms with Crippen LogP contribution in [0.15, 0.2) is 95.9 Å². The van der Waals surface area contributed by atoms with Crippen molar-refractivity contribution in [1.29, 1.82) is 5.26 Å². The predicted octanol–water partition coefficient (Wildman–Crippen LogP) is 7.59. The van der Waals surface area contributed by atoms with E-state index in [1.807, 2.05) is 12.1 Å². The number of ether oxygens (including phenoxy) is 1. The van der Waals surface area contributed by atoms with Crippen molar-refractivity contribution < 1.29 is 18.7 Å². The van der Waals surface area contributed by atoms with Crippen LogP contribution in [-0.2, 0) is 11.4 Å². The molecule has 4 aromatic rings. The van der Waals surface area contributed by atoms with Gasteiger partial charge < -0.3 is 10.1 Å². The first-order valence-electron chi connectivity index (χ1n) is 12.2. The van der Waals surface area contributed by atoms with E-state index in [2.05, 4.69) is 11.4 Å². The summed E-state index contributed by atoms with van der Waals surface area (Å²) in [6.07, 6.45) is 1.67. The number of halogens is 2. The molecule has 0 unspecified atom stereocenters. The molecule has 6 nitrogen and oxygen atoms in total. The lowest BCUT2D eigenvalue weighted by Crippen LogP contribution is -2.27. The van der Waals surface area contributed by atoms with Crippen molar-refractivity contribution in [2.75, 3.05) is 10.2 Å². The summed E-state index contributed by atoms with van der Waals surface area (Å²) in [5.74, 6) is -0.657. The number of thiocarbonyl (C=S) groups is 1. The third kappa shape index (κ3) is 6.64. The van der Waals surface area contributed by atoms with Gasteiger partial charge in [-0.05, 0) is 84.4 Å². The highest BCUT2D eigenvalue weighted by molar-refractivity contribution is 8.27. The SMILES string of the molecule is N#Cc1ccc(COc2ccc(Cl)cc2/C=C2/SC(=S)N(c3cccc(C(=O)Nc4ccc(F)cc4)c3)C2=O)cc1. The number of nitrogens with zero attached hydrogens (tertiary/aromatic N) is 2. The third-order valence-electron chi connectivity index (χ3n) is 6.00. The van der Waals surface area contributed by atoms with Crippen LogP contribution >= 0.6 is 35.6 Å². The number of nitriles is 1. The molecule has 0 saturated carbocycles. The Balaban J connectivity index is 1.35. The smallest absolute Gasteiger partial charge is 0.270 e. The number of carbonyl (C=O) groups is 2. The Labute approximate surface area is 250 Å². The van der Waals surface area contributed by atoms with E-state index in [1.165, 1.54) is 29.2 Å². The number of hydrogen-bond donors (Lipinski definition) is 1. The molecule has 0 radical (unpaired) electrons. The summed E-state index contributed by atoms with van der Waals surface area (Å²) in [6, 6.07) is 26.2. The molecule has 0 spiro atoms. The molecular weight excluding hydrogens is 581 g/mol. The third-order valence-corrected chi connectivity index (χ3v) is 7.54. The van der Waals surface area contributed by atoms with Gasteiger partial charge in [0.25, 0.3) is 11.8 Å². The molecule has 1 aliphatic heterocycles. The zero-order chi connectivity index (χ0) is 28.9. The van der Waals surface area contributed by atoms with Gasteiger partial charge in [0.2, 0.25) is 0 Å². The molecule has 0 atom stereocenters. The number of rotatable bonds is 7. The van der Waals surface area contributed by atoms with Gasteiger partial charge in [0.15, 0.2) is 4.32 Å². The van der Waals surface area contributed by atoms with E-state index in [1.54, 1.807) is 60.7 Å². The zero-order valence-electron chi connectivity index (χ0n) is 21.1. The molecule has 1 N–H and O–H groups in total. The van der Waals surface area contributed by atoms with Gasteiger partial charge in [-0.3, -0.25) is 14.5 Å². The van der Waals surface area contributed by atoms with E-state index in [9.17, 15) is 14.0 Å². The lowest BCUT2D eigenvalue weighted by Gasteiger charge is -2.15. The first kappa shape index (κ1) is 28.1. The van der Waals surface area contributed by atoms with Crippen molar-refractivity contribution in [3.63, 3.8) is 0 Å². The van der Waals surface area contributed by atoms with E-state index in [0.717, 1.165) is 17.3 Å². The highest BCUT2D eigenvalue weighted by atomic mass is 35.5. The number of anilines is 2. The van der Waals surface area contributed by atoms with Crippen LogP contribution in [-0.4, -0.2) is 16.1 Å². The molecule has 1 fully saturated rings. The Kier molecular flexibility index (Phi) is 8.45. The van der Waals surface area contributed by atoms with Crippen molar-refractivity contribution in [3.8, 4) is 11.8 Å². The topological polar surface area (TPSA) is 82.4 Å². The van der Waals surface area contributed by atoms with E-state index < -0.39 is 11.7 Å². The molecule has 2 amide bonds. The second-order valence-electron chi connectivity index (χ2n) is 8.81. The van der Waals surface area contributed by atoms with Gasteiger partial charge >= 0.3 is 0 Å². The van der Waals surface area contributed by atoms with Gasteiger partial charge in [-0.25, -0.2) is 4.39 Å². The molecule has 41 heavy (non-hydrogen) atoms. The van der Waals surface area contributed by atoms with Gasteiger partial charge in [0.1, 0.15) is 18.2 Å². The van der Waals surface area contributed by atoms with E-state index in [4.69, 9.17) is 33.8 Å². The minimum atomic E-state index is -0.414. The molecule has 0 bridgehead atoms. The lowest BCUT2D eigenvalue weighted by molar-refractivity contribution is -0.113. The number of nitrogens with one attached hydrogen (secondary N) is 1. The van der Waals surface area contributed by atoms with Crippen LogP contribution in [0.3, 0.4) is 0 Å². The molecule has 4 aromatic carbocycles. The van der Waals surface area contributed by atoms with Crippen molar-refractivity contribution in [2.24, 2.45) is 0 Å². The quantitative estimate of drug-likeness (QED) is 0.174. The maximum atomic E-state index is 13.5. The number of amides is 2. The zero-order valence-corrected chi connectivity index (χ0v) is 23.5. The number of thioether (sulfide) groups is 1. The number of carbonyl (C=O) groups excluding carboxylic acids is 2. The van der Waals surface area contributed by atoms with E-state index in [-0.39, 0.29) is 12.5 Å². The van der Waals surface area contributed by atoms with Crippen molar-refractivity contribution in [2.45, 2.75) is 6.61 Å². The molecule has 0 aromatic heterocycles. The number of benzene rings is 4. The van der Waals surface area contributed by atoms with Crippen LogP contribution in [0.1, 0.15) is 27.0 Å². The first-order chi connectivity index (χ1) is 19.8.